The molecule has 2 unspecified atom stereocenters. The number of carbonyl (C=O) groups is 1. The lowest BCUT2D eigenvalue weighted by atomic mass is 9.92. The second-order valence-electron chi connectivity index (χ2n) is 9.97. The van der Waals surface area contributed by atoms with Gasteiger partial charge < -0.3 is 14.4 Å². The van der Waals surface area contributed by atoms with Crippen LogP contribution in [0.4, 0.5) is 4.79 Å². The van der Waals surface area contributed by atoms with Crippen LogP contribution in [-0.4, -0.2) is 44.2 Å². The number of hydrogen-bond donors (Lipinski definition) is 1. The summed E-state index contributed by atoms with van der Waals surface area (Å²) < 4.78 is 7.20. The van der Waals surface area contributed by atoms with Crippen molar-refractivity contribution in [3.05, 3.63) is 107 Å². The zero-order chi connectivity index (χ0) is 25.8. The molecule has 2 heterocycles. The van der Waals surface area contributed by atoms with Gasteiger partial charge in [-0.05, 0) is 49.4 Å². The number of piperidine rings is 1. The van der Waals surface area contributed by atoms with Crippen LogP contribution in [0.3, 0.4) is 0 Å². The molecule has 0 spiro atoms. The minimum Gasteiger partial charge on any atom is -0.465 e. The maximum Gasteiger partial charge on any atom is 0.420 e. The topological polar surface area (TPSA) is 78.9 Å². The van der Waals surface area contributed by atoms with Crippen LogP contribution < -0.4 is 5.76 Å². The summed E-state index contributed by atoms with van der Waals surface area (Å²) in [6.45, 7) is 4.10. The third kappa shape index (κ3) is 5.62. The molecule has 3 atom stereocenters. The largest absolute Gasteiger partial charge is 0.465 e. The van der Waals surface area contributed by atoms with E-state index in [9.17, 15) is 14.7 Å². The van der Waals surface area contributed by atoms with Crippen molar-refractivity contribution in [2.24, 2.45) is 0 Å². The SMILES string of the molecule is CC(C[C@H]1CC(n2c(=O)oc3ccccc32)CCN1C(=O)O)N(Cc1ccccc1)Cc1ccccc1. The number of aromatic nitrogens is 1. The van der Waals surface area contributed by atoms with E-state index in [2.05, 4.69) is 36.1 Å². The first-order valence-electron chi connectivity index (χ1n) is 12.9. The maximum absolute atomic E-state index is 12.8. The van der Waals surface area contributed by atoms with E-state index in [4.69, 9.17) is 4.42 Å². The Morgan fingerprint density at radius 2 is 1.57 bits per heavy atom. The zero-order valence-corrected chi connectivity index (χ0v) is 21.1. The second kappa shape index (κ2) is 11.0. The molecule has 1 fully saturated rings. The van der Waals surface area contributed by atoms with Crippen LogP contribution in [0.15, 0.2) is 94.1 Å². The number of carboxylic acid groups (broad SMARTS) is 1. The second-order valence-corrected chi connectivity index (χ2v) is 9.97. The van der Waals surface area contributed by atoms with E-state index < -0.39 is 6.09 Å². The van der Waals surface area contributed by atoms with Gasteiger partial charge in [0.15, 0.2) is 5.58 Å². The Labute approximate surface area is 216 Å². The van der Waals surface area contributed by atoms with Gasteiger partial charge in [0.05, 0.1) is 5.52 Å². The average Bonchev–Trinajstić information content (AvgIpc) is 3.25. The normalized spacial score (nSPS) is 18.8. The van der Waals surface area contributed by atoms with Crippen molar-refractivity contribution in [2.75, 3.05) is 6.54 Å². The highest BCUT2D eigenvalue weighted by Gasteiger charge is 2.35. The van der Waals surface area contributed by atoms with Gasteiger partial charge in [-0.2, -0.15) is 0 Å². The Balaban J connectivity index is 1.39. The van der Waals surface area contributed by atoms with E-state index in [1.807, 2.05) is 54.6 Å². The maximum atomic E-state index is 12.8. The summed E-state index contributed by atoms with van der Waals surface area (Å²) in [4.78, 5) is 28.9. The van der Waals surface area contributed by atoms with Crippen molar-refractivity contribution in [1.82, 2.24) is 14.4 Å². The molecule has 5 rings (SSSR count). The fourth-order valence-corrected chi connectivity index (χ4v) is 5.62. The molecule has 1 aliphatic heterocycles. The van der Waals surface area contributed by atoms with Crippen LogP contribution in [0.5, 0.6) is 0 Å². The van der Waals surface area contributed by atoms with Gasteiger partial charge in [0.25, 0.3) is 0 Å². The summed E-state index contributed by atoms with van der Waals surface area (Å²) in [6, 6.07) is 28.0. The molecule has 1 aromatic heterocycles. The molecule has 7 heteroatoms. The Hall–Kier alpha value is -3.84. The molecule has 37 heavy (non-hydrogen) atoms. The van der Waals surface area contributed by atoms with Crippen molar-refractivity contribution in [3.8, 4) is 0 Å². The lowest BCUT2D eigenvalue weighted by molar-refractivity contribution is 0.0682. The number of nitrogens with zero attached hydrogens (tertiary/aromatic N) is 3. The van der Waals surface area contributed by atoms with Gasteiger partial charge in [-0.25, -0.2) is 9.59 Å². The van der Waals surface area contributed by atoms with E-state index in [-0.39, 0.29) is 23.9 Å². The fraction of sp³-hybridized carbons (Fsp3) is 0.333. The Morgan fingerprint density at radius 1 is 0.973 bits per heavy atom. The third-order valence-corrected chi connectivity index (χ3v) is 7.51. The van der Waals surface area contributed by atoms with E-state index in [1.54, 1.807) is 15.5 Å². The Kier molecular flexibility index (Phi) is 7.42. The number of rotatable bonds is 8. The molecule has 1 saturated heterocycles. The summed E-state index contributed by atoms with van der Waals surface area (Å²) in [5.74, 6) is -0.378. The molecule has 7 nitrogen and oxygen atoms in total. The van der Waals surface area contributed by atoms with Crippen molar-refractivity contribution in [2.45, 2.75) is 57.4 Å². The fourth-order valence-electron chi connectivity index (χ4n) is 5.62. The number of benzene rings is 3. The van der Waals surface area contributed by atoms with Crippen LogP contribution in [0.2, 0.25) is 0 Å². The standard InChI is InChI=1S/C30H33N3O4/c1-22(31(20-23-10-4-2-5-11-23)21-24-12-6-3-7-13-24)18-26-19-25(16-17-32(26)29(34)35)33-27-14-8-9-15-28(27)37-30(33)36/h2-15,22,25-26H,16-21H2,1H3,(H,34,35)/t22?,25?,26-/m0/s1. The minimum absolute atomic E-state index is 0.111. The first-order valence-corrected chi connectivity index (χ1v) is 12.9. The molecule has 0 bridgehead atoms. The minimum atomic E-state index is -0.905. The molecule has 0 aliphatic carbocycles. The molecule has 3 aromatic carbocycles. The Bertz CT molecular complexity index is 1340. The number of likely N-dealkylation sites (tertiary alicyclic amines) is 1. The van der Waals surface area contributed by atoms with Gasteiger partial charge in [0, 0.05) is 37.8 Å². The van der Waals surface area contributed by atoms with Gasteiger partial charge in [-0.3, -0.25) is 9.47 Å². The molecule has 0 saturated carbocycles. The summed E-state index contributed by atoms with van der Waals surface area (Å²) in [7, 11) is 0. The smallest absolute Gasteiger partial charge is 0.420 e. The van der Waals surface area contributed by atoms with E-state index in [0.717, 1.165) is 18.6 Å². The van der Waals surface area contributed by atoms with Crippen molar-refractivity contribution < 1.29 is 14.3 Å². The first-order chi connectivity index (χ1) is 18.0. The van der Waals surface area contributed by atoms with Crippen LogP contribution >= 0.6 is 0 Å². The highest BCUT2D eigenvalue weighted by atomic mass is 16.4. The quantitative estimate of drug-likeness (QED) is 0.334. The highest BCUT2D eigenvalue weighted by Crippen LogP contribution is 2.32. The summed E-state index contributed by atoms with van der Waals surface area (Å²) in [5, 5.41) is 10.00. The lowest BCUT2D eigenvalue weighted by Crippen LogP contribution is -2.49. The number of hydrogen-bond acceptors (Lipinski definition) is 4. The molecule has 192 valence electrons. The molecule has 4 aromatic rings. The van der Waals surface area contributed by atoms with Crippen LogP contribution in [0.25, 0.3) is 11.1 Å². The number of para-hydroxylation sites is 2. The van der Waals surface area contributed by atoms with E-state index in [0.29, 0.717) is 31.4 Å². The van der Waals surface area contributed by atoms with Crippen molar-refractivity contribution >= 4 is 17.2 Å². The monoisotopic (exact) mass is 499 g/mol. The van der Waals surface area contributed by atoms with Gasteiger partial charge in [0.1, 0.15) is 0 Å². The van der Waals surface area contributed by atoms with Crippen LogP contribution in [0.1, 0.15) is 43.4 Å². The van der Waals surface area contributed by atoms with E-state index >= 15 is 0 Å². The van der Waals surface area contributed by atoms with Gasteiger partial charge >= 0.3 is 11.8 Å². The van der Waals surface area contributed by atoms with Gasteiger partial charge in [-0.15, -0.1) is 0 Å². The summed E-state index contributed by atoms with van der Waals surface area (Å²) in [6.07, 6.45) is 0.924. The average molecular weight is 500 g/mol. The van der Waals surface area contributed by atoms with Crippen LogP contribution in [0, 0.1) is 0 Å². The van der Waals surface area contributed by atoms with Gasteiger partial charge in [-0.1, -0.05) is 72.8 Å². The zero-order valence-electron chi connectivity index (χ0n) is 21.1. The molecular formula is C30H33N3O4. The van der Waals surface area contributed by atoms with Crippen molar-refractivity contribution in [1.29, 1.82) is 0 Å². The molecule has 1 N–H and O–H groups in total. The predicted octanol–water partition coefficient (Wildman–Crippen LogP) is 5.76. The first kappa shape index (κ1) is 24.8. The number of fused-ring (bicyclic) bond motifs is 1. The Morgan fingerprint density at radius 3 is 2.19 bits per heavy atom. The molecule has 1 amide bonds. The molecular weight excluding hydrogens is 466 g/mol. The van der Waals surface area contributed by atoms with Gasteiger partial charge in [0.2, 0.25) is 0 Å². The lowest BCUT2D eigenvalue weighted by Gasteiger charge is -2.41. The van der Waals surface area contributed by atoms with Crippen molar-refractivity contribution in [3.63, 3.8) is 0 Å². The van der Waals surface area contributed by atoms with Crippen LogP contribution in [-0.2, 0) is 13.1 Å². The third-order valence-electron chi connectivity index (χ3n) is 7.51. The highest BCUT2D eigenvalue weighted by molar-refractivity contribution is 5.72. The van der Waals surface area contributed by atoms with E-state index in [1.165, 1.54) is 11.1 Å². The predicted molar refractivity (Wildman–Crippen MR) is 143 cm³/mol. The number of amides is 1. The molecule has 0 radical (unpaired) electrons. The molecule has 1 aliphatic rings. The summed E-state index contributed by atoms with van der Waals surface area (Å²) in [5.41, 5.74) is 3.77. The summed E-state index contributed by atoms with van der Waals surface area (Å²) >= 11 is 0. The number of oxazole rings is 1.